The number of carbonyl (C=O) groups excluding carboxylic acids is 1. The third-order valence-electron chi connectivity index (χ3n) is 2.28. The molecule has 0 saturated heterocycles. The average molecular weight is 235 g/mol. The van der Waals surface area contributed by atoms with Gasteiger partial charge in [0.05, 0.1) is 6.04 Å². The number of hydrogen-bond donors (Lipinski definition) is 1. The first-order chi connectivity index (χ1) is 7.78. The minimum Gasteiger partial charge on any atom is -0.444 e. The molecule has 1 amide bonds. The maximum atomic E-state index is 11.6. The molecule has 0 heterocycles. The summed E-state index contributed by atoms with van der Waals surface area (Å²) in [5.74, 6) is 0. The normalized spacial score (nSPS) is 13.0. The second-order valence-electron chi connectivity index (χ2n) is 5.28. The lowest BCUT2D eigenvalue weighted by Gasteiger charge is -2.22. The SMILES string of the molecule is Cc1cccc([C@H](C)NC(=O)OC(C)(C)C)c1. The molecule has 3 heteroatoms. The summed E-state index contributed by atoms with van der Waals surface area (Å²) in [6.45, 7) is 9.53. The third-order valence-corrected chi connectivity index (χ3v) is 2.28. The highest BCUT2D eigenvalue weighted by Gasteiger charge is 2.18. The van der Waals surface area contributed by atoms with Crippen LogP contribution in [0.4, 0.5) is 4.79 Å². The van der Waals surface area contributed by atoms with Gasteiger partial charge in [-0.05, 0) is 40.2 Å². The van der Waals surface area contributed by atoms with Crippen LogP contribution in [0.1, 0.15) is 44.9 Å². The molecule has 0 aliphatic carbocycles. The Morgan fingerprint density at radius 3 is 2.53 bits per heavy atom. The molecule has 94 valence electrons. The first kappa shape index (κ1) is 13.6. The van der Waals surface area contributed by atoms with Crippen LogP contribution in [-0.4, -0.2) is 11.7 Å². The molecule has 3 nitrogen and oxygen atoms in total. The lowest BCUT2D eigenvalue weighted by molar-refractivity contribution is 0.0508. The van der Waals surface area contributed by atoms with E-state index in [4.69, 9.17) is 4.74 Å². The number of hydrogen-bond acceptors (Lipinski definition) is 2. The van der Waals surface area contributed by atoms with Crippen LogP contribution < -0.4 is 5.32 Å². The van der Waals surface area contributed by atoms with E-state index in [1.54, 1.807) is 0 Å². The lowest BCUT2D eigenvalue weighted by Crippen LogP contribution is -2.34. The second kappa shape index (κ2) is 5.21. The summed E-state index contributed by atoms with van der Waals surface area (Å²) >= 11 is 0. The van der Waals surface area contributed by atoms with E-state index in [2.05, 4.69) is 11.4 Å². The maximum Gasteiger partial charge on any atom is 0.408 e. The first-order valence-corrected chi connectivity index (χ1v) is 5.84. The van der Waals surface area contributed by atoms with Gasteiger partial charge in [-0.15, -0.1) is 0 Å². The Kier molecular flexibility index (Phi) is 4.16. The zero-order valence-corrected chi connectivity index (χ0v) is 11.2. The van der Waals surface area contributed by atoms with Crippen molar-refractivity contribution in [3.8, 4) is 0 Å². The highest BCUT2D eigenvalue weighted by atomic mass is 16.6. The Morgan fingerprint density at radius 1 is 1.35 bits per heavy atom. The van der Waals surface area contributed by atoms with Crippen LogP contribution in [0.15, 0.2) is 24.3 Å². The van der Waals surface area contributed by atoms with Crippen molar-refractivity contribution in [1.82, 2.24) is 5.32 Å². The van der Waals surface area contributed by atoms with E-state index in [0.717, 1.165) is 5.56 Å². The molecule has 0 bridgehead atoms. The van der Waals surface area contributed by atoms with Gasteiger partial charge in [-0.3, -0.25) is 0 Å². The van der Waals surface area contributed by atoms with Gasteiger partial charge in [-0.1, -0.05) is 29.8 Å². The number of rotatable bonds is 2. The molecule has 1 aromatic carbocycles. The highest BCUT2D eigenvalue weighted by molar-refractivity contribution is 5.68. The van der Waals surface area contributed by atoms with E-state index in [1.807, 2.05) is 52.8 Å². The summed E-state index contributed by atoms with van der Waals surface area (Å²) in [5, 5.41) is 2.82. The van der Waals surface area contributed by atoms with Crippen molar-refractivity contribution >= 4 is 6.09 Å². The third kappa shape index (κ3) is 4.89. The van der Waals surface area contributed by atoms with Crippen LogP contribution in [0, 0.1) is 6.92 Å². The molecular formula is C14H21NO2. The fourth-order valence-electron chi connectivity index (χ4n) is 1.51. The van der Waals surface area contributed by atoms with Crippen LogP contribution in [0.3, 0.4) is 0 Å². The minimum atomic E-state index is -0.462. The van der Waals surface area contributed by atoms with Gasteiger partial charge in [0, 0.05) is 0 Å². The summed E-state index contributed by atoms with van der Waals surface area (Å²) in [5.41, 5.74) is 1.80. The summed E-state index contributed by atoms with van der Waals surface area (Å²) < 4.78 is 5.21. The van der Waals surface area contributed by atoms with Crippen LogP contribution in [0.2, 0.25) is 0 Å². The van der Waals surface area contributed by atoms with Crippen LogP contribution >= 0.6 is 0 Å². The Hall–Kier alpha value is -1.51. The summed E-state index contributed by atoms with van der Waals surface area (Å²) in [6, 6.07) is 8.02. The van der Waals surface area contributed by atoms with Crippen molar-refractivity contribution in [2.75, 3.05) is 0 Å². The quantitative estimate of drug-likeness (QED) is 0.850. The van der Waals surface area contributed by atoms with Crippen molar-refractivity contribution in [1.29, 1.82) is 0 Å². The van der Waals surface area contributed by atoms with Crippen molar-refractivity contribution in [2.45, 2.75) is 46.3 Å². The predicted octanol–water partition coefficient (Wildman–Crippen LogP) is 3.58. The second-order valence-corrected chi connectivity index (χ2v) is 5.28. The van der Waals surface area contributed by atoms with Crippen molar-refractivity contribution in [2.24, 2.45) is 0 Å². The fourth-order valence-corrected chi connectivity index (χ4v) is 1.51. The van der Waals surface area contributed by atoms with E-state index in [9.17, 15) is 4.79 Å². The summed E-state index contributed by atoms with van der Waals surface area (Å²) in [7, 11) is 0. The van der Waals surface area contributed by atoms with Crippen molar-refractivity contribution in [3.63, 3.8) is 0 Å². The van der Waals surface area contributed by atoms with E-state index >= 15 is 0 Å². The van der Waals surface area contributed by atoms with Crippen LogP contribution in [0.5, 0.6) is 0 Å². The van der Waals surface area contributed by atoms with E-state index < -0.39 is 5.60 Å². The molecule has 1 rings (SSSR count). The largest absolute Gasteiger partial charge is 0.444 e. The van der Waals surface area contributed by atoms with Gasteiger partial charge in [-0.2, -0.15) is 0 Å². The number of ether oxygens (including phenoxy) is 1. The number of benzene rings is 1. The van der Waals surface area contributed by atoms with E-state index in [1.165, 1.54) is 5.56 Å². The Labute approximate surface area is 103 Å². The number of aryl methyl sites for hydroxylation is 1. The Morgan fingerprint density at radius 2 is 2.00 bits per heavy atom. The zero-order valence-electron chi connectivity index (χ0n) is 11.2. The summed E-state index contributed by atoms with van der Waals surface area (Å²) in [4.78, 5) is 11.6. The molecule has 17 heavy (non-hydrogen) atoms. The molecule has 1 atom stereocenters. The van der Waals surface area contributed by atoms with Gasteiger partial charge in [0.1, 0.15) is 5.60 Å². The summed E-state index contributed by atoms with van der Waals surface area (Å²) in [6.07, 6.45) is -0.383. The van der Waals surface area contributed by atoms with Crippen molar-refractivity contribution < 1.29 is 9.53 Å². The molecule has 0 unspecified atom stereocenters. The number of carbonyl (C=O) groups is 1. The molecule has 0 aromatic heterocycles. The van der Waals surface area contributed by atoms with Gasteiger partial charge in [0.25, 0.3) is 0 Å². The highest BCUT2D eigenvalue weighted by Crippen LogP contribution is 2.15. The number of nitrogens with one attached hydrogen (secondary N) is 1. The molecule has 1 aromatic rings. The topological polar surface area (TPSA) is 38.3 Å². The number of amides is 1. The Bertz CT molecular complexity index is 393. The van der Waals surface area contributed by atoms with Gasteiger partial charge in [0.2, 0.25) is 0 Å². The standard InChI is InChI=1S/C14H21NO2/c1-10-7-6-8-12(9-10)11(2)15-13(16)17-14(3,4)5/h6-9,11H,1-5H3,(H,15,16)/t11-/m0/s1. The van der Waals surface area contributed by atoms with Crippen molar-refractivity contribution in [3.05, 3.63) is 35.4 Å². The van der Waals surface area contributed by atoms with Crippen LogP contribution in [-0.2, 0) is 4.74 Å². The maximum absolute atomic E-state index is 11.6. The van der Waals surface area contributed by atoms with Crippen LogP contribution in [0.25, 0.3) is 0 Å². The van der Waals surface area contributed by atoms with E-state index in [0.29, 0.717) is 0 Å². The minimum absolute atomic E-state index is 0.0512. The molecule has 0 saturated carbocycles. The molecule has 0 aliphatic heterocycles. The van der Waals surface area contributed by atoms with Gasteiger partial charge >= 0.3 is 6.09 Å². The molecule has 1 N–H and O–H groups in total. The van der Waals surface area contributed by atoms with Gasteiger partial charge in [0.15, 0.2) is 0 Å². The van der Waals surface area contributed by atoms with E-state index in [-0.39, 0.29) is 12.1 Å². The molecule has 0 aliphatic rings. The first-order valence-electron chi connectivity index (χ1n) is 5.84. The smallest absolute Gasteiger partial charge is 0.408 e. The molecular weight excluding hydrogens is 214 g/mol. The fraction of sp³-hybridized carbons (Fsp3) is 0.500. The van der Waals surface area contributed by atoms with Gasteiger partial charge in [-0.25, -0.2) is 4.79 Å². The molecule has 0 spiro atoms. The number of alkyl carbamates (subject to hydrolysis) is 1. The molecule has 0 radical (unpaired) electrons. The monoisotopic (exact) mass is 235 g/mol. The Balaban J connectivity index is 2.61. The predicted molar refractivity (Wildman–Crippen MR) is 69.0 cm³/mol. The lowest BCUT2D eigenvalue weighted by atomic mass is 10.1. The average Bonchev–Trinajstić information content (AvgIpc) is 2.14. The molecule has 0 fully saturated rings. The zero-order chi connectivity index (χ0) is 13.1. The van der Waals surface area contributed by atoms with Gasteiger partial charge < -0.3 is 10.1 Å².